The van der Waals surface area contributed by atoms with Gasteiger partial charge in [0.2, 0.25) is 0 Å². The summed E-state index contributed by atoms with van der Waals surface area (Å²) >= 11 is 0. The van der Waals surface area contributed by atoms with Crippen LogP contribution in [0.25, 0.3) is 0 Å². The molecular formula is C9H16O3. The summed E-state index contributed by atoms with van der Waals surface area (Å²) in [5.74, 6) is -0.346. The quantitative estimate of drug-likeness (QED) is 0.501. The highest BCUT2D eigenvalue weighted by molar-refractivity contribution is 5.81. The number of aliphatic hydroxyl groups excluding tert-OH is 1. The first-order valence-corrected chi connectivity index (χ1v) is 4.22. The number of carbonyl (C=O) groups excluding carboxylic acids is 1. The fraction of sp³-hybridized carbons (Fsp3) is 0.667. The zero-order chi connectivity index (χ0) is 9.40. The van der Waals surface area contributed by atoms with Crippen molar-refractivity contribution in [2.45, 2.75) is 32.8 Å². The Kier molecular flexibility index (Phi) is 6.38. The van der Waals surface area contributed by atoms with E-state index in [0.717, 1.165) is 0 Å². The minimum absolute atomic E-state index is 0.346. The average Bonchev–Trinajstić information content (AvgIpc) is 2.04. The normalized spacial score (nSPS) is 13.2. The Labute approximate surface area is 73.0 Å². The molecule has 1 unspecified atom stereocenters. The Morgan fingerprint density at radius 3 is 2.75 bits per heavy atom. The molecule has 70 valence electrons. The van der Waals surface area contributed by atoms with Crippen LogP contribution in [-0.4, -0.2) is 23.8 Å². The molecule has 0 fully saturated rings. The van der Waals surface area contributed by atoms with Crippen LogP contribution >= 0.6 is 0 Å². The monoisotopic (exact) mass is 172 g/mol. The topological polar surface area (TPSA) is 46.5 Å². The van der Waals surface area contributed by atoms with Crippen LogP contribution in [0.2, 0.25) is 0 Å². The fourth-order valence-corrected chi connectivity index (χ4v) is 0.678. The number of ether oxygens (including phenoxy) is 1. The number of esters is 1. The maximum atomic E-state index is 10.7. The van der Waals surface area contributed by atoms with Crippen molar-refractivity contribution in [3.63, 3.8) is 0 Å². The van der Waals surface area contributed by atoms with Crippen molar-refractivity contribution in [2.24, 2.45) is 0 Å². The summed E-state index contributed by atoms with van der Waals surface area (Å²) < 4.78 is 4.65. The van der Waals surface area contributed by atoms with E-state index in [0.29, 0.717) is 19.4 Å². The Morgan fingerprint density at radius 2 is 2.25 bits per heavy atom. The molecule has 0 rings (SSSR count). The zero-order valence-electron chi connectivity index (χ0n) is 7.62. The van der Waals surface area contributed by atoms with E-state index in [1.165, 1.54) is 6.08 Å². The van der Waals surface area contributed by atoms with E-state index in [1.807, 2.05) is 6.92 Å². The molecule has 0 aliphatic carbocycles. The minimum atomic E-state index is -0.351. The molecule has 0 saturated heterocycles. The molecule has 0 amide bonds. The second-order valence-electron chi connectivity index (χ2n) is 2.45. The van der Waals surface area contributed by atoms with Gasteiger partial charge < -0.3 is 9.84 Å². The Bertz CT molecular complexity index is 152. The van der Waals surface area contributed by atoms with E-state index in [1.54, 1.807) is 13.0 Å². The predicted octanol–water partition coefficient (Wildman–Crippen LogP) is 1.27. The molecule has 3 heteroatoms. The number of hydrogen-bond donors (Lipinski definition) is 1. The van der Waals surface area contributed by atoms with Crippen LogP contribution in [0.5, 0.6) is 0 Å². The molecule has 0 aromatic heterocycles. The molecule has 1 atom stereocenters. The summed E-state index contributed by atoms with van der Waals surface area (Å²) in [6.07, 6.45) is 3.84. The predicted molar refractivity (Wildman–Crippen MR) is 46.7 cm³/mol. The largest absolute Gasteiger partial charge is 0.463 e. The van der Waals surface area contributed by atoms with Gasteiger partial charge in [0.1, 0.15) is 0 Å². The summed E-state index contributed by atoms with van der Waals surface area (Å²) in [7, 11) is 0. The van der Waals surface area contributed by atoms with Gasteiger partial charge in [-0.25, -0.2) is 4.79 Å². The standard InChI is InChI=1S/C9H16O3/c1-3-8(10)6-5-7-9(11)12-4-2/h5,7-8,10H,3-4,6H2,1-2H3/b7-5-. The molecule has 0 heterocycles. The number of rotatable bonds is 5. The van der Waals surface area contributed by atoms with Gasteiger partial charge in [-0.1, -0.05) is 13.0 Å². The number of hydrogen-bond acceptors (Lipinski definition) is 3. The molecule has 0 aliphatic rings. The summed E-state index contributed by atoms with van der Waals surface area (Å²) in [6.45, 7) is 4.04. The van der Waals surface area contributed by atoms with Crippen molar-refractivity contribution in [3.05, 3.63) is 12.2 Å². The van der Waals surface area contributed by atoms with Gasteiger partial charge >= 0.3 is 5.97 Å². The molecular weight excluding hydrogens is 156 g/mol. The highest BCUT2D eigenvalue weighted by Gasteiger charge is 1.97. The molecule has 0 aromatic carbocycles. The Balaban J connectivity index is 3.54. The van der Waals surface area contributed by atoms with Gasteiger partial charge in [-0.3, -0.25) is 0 Å². The van der Waals surface area contributed by atoms with Crippen molar-refractivity contribution in [2.75, 3.05) is 6.61 Å². The lowest BCUT2D eigenvalue weighted by atomic mass is 10.2. The third kappa shape index (κ3) is 5.92. The van der Waals surface area contributed by atoms with Crippen LogP contribution in [0.3, 0.4) is 0 Å². The van der Waals surface area contributed by atoms with E-state index in [2.05, 4.69) is 4.74 Å². The maximum absolute atomic E-state index is 10.7. The van der Waals surface area contributed by atoms with Crippen molar-refractivity contribution in [3.8, 4) is 0 Å². The first kappa shape index (κ1) is 11.2. The van der Waals surface area contributed by atoms with Gasteiger partial charge in [-0.2, -0.15) is 0 Å². The Hall–Kier alpha value is -0.830. The van der Waals surface area contributed by atoms with Crippen LogP contribution < -0.4 is 0 Å². The first-order chi connectivity index (χ1) is 5.70. The summed E-state index contributed by atoms with van der Waals surface area (Å²) in [6, 6.07) is 0. The van der Waals surface area contributed by atoms with E-state index >= 15 is 0 Å². The minimum Gasteiger partial charge on any atom is -0.463 e. The van der Waals surface area contributed by atoms with Gasteiger partial charge in [0.15, 0.2) is 0 Å². The molecule has 1 N–H and O–H groups in total. The zero-order valence-corrected chi connectivity index (χ0v) is 7.62. The summed E-state index contributed by atoms with van der Waals surface area (Å²) in [5.41, 5.74) is 0. The second-order valence-corrected chi connectivity index (χ2v) is 2.45. The lowest BCUT2D eigenvalue weighted by molar-refractivity contribution is -0.137. The van der Waals surface area contributed by atoms with Crippen molar-refractivity contribution >= 4 is 5.97 Å². The lowest BCUT2D eigenvalue weighted by Crippen LogP contribution is -2.03. The third-order valence-corrected chi connectivity index (χ3v) is 1.42. The van der Waals surface area contributed by atoms with E-state index in [4.69, 9.17) is 5.11 Å². The molecule has 0 saturated carbocycles. The van der Waals surface area contributed by atoms with Gasteiger partial charge in [0, 0.05) is 6.08 Å². The van der Waals surface area contributed by atoms with Gasteiger partial charge in [-0.15, -0.1) is 0 Å². The summed E-state index contributed by atoms with van der Waals surface area (Å²) in [5, 5.41) is 9.10. The van der Waals surface area contributed by atoms with Crippen LogP contribution in [0.1, 0.15) is 26.7 Å². The molecule has 0 radical (unpaired) electrons. The summed E-state index contributed by atoms with van der Waals surface area (Å²) in [4.78, 5) is 10.7. The molecule has 0 bridgehead atoms. The van der Waals surface area contributed by atoms with E-state index in [-0.39, 0.29) is 12.1 Å². The Morgan fingerprint density at radius 1 is 1.58 bits per heavy atom. The van der Waals surface area contributed by atoms with Crippen molar-refractivity contribution in [1.82, 2.24) is 0 Å². The average molecular weight is 172 g/mol. The highest BCUT2D eigenvalue weighted by Crippen LogP contribution is 1.97. The molecule has 0 spiro atoms. The van der Waals surface area contributed by atoms with Crippen LogP contribution in [0.15, 0.2) is 12.2 Å². The number of carbonyl (C=O) groups is 1. The smallest absolute Gasteiger partial charge is 0.330 e. The molecule has 3 nitrogen and oxygen atoms in total. The van der Waals surface area contributed by atoms with E-state index < -0.39 is 0 Å². The van der Waals surface area contributed by atoms with Crippen molar-refractivity contribution in [1.29, 1.82) is 0 Å². The highest BCUT2D eigenvalue weighted by atomic mass is 16.5. The first-order valence-electron chi connectivity index (χ1n) is 4.22. The number of aliphatic hydroxyl groups is 1. The van der Waals surface area contributed by atoms with Gasteiger partial charge in [-0.05, 0) is 19.8 Å². The van der Waals surface area contributed by atoms with Gasteiger partial charge in [0.25, 0.3) is 0 Å². The maximum Gasteiger partial charge on any atom is 0.330 e. The second kappa shape index (κ2) is 6.85. The van der Waals surface area contributed by atoms with Gasteiger partial charge in [0.05, 0.1) is 12.7 Å². The lowest BCUT2D eigenvalue weighted by Gasteiger charge is -2.01. The third-order valence-electron chi connectivity index (χ3n) is 1.42. The van der Waals surface area contributed by atoms with Crippen molar-refractivity contribution < 1.29 is 14.6 Å². The van der Waals surface area contributed by atoms with Crippen LogP contribution in [0.4, 0.5) is 0 Å². The molecule has 0 aromatic rings. The fourth-order valence-electron chi connectivity index (χ4n) is 0.678. The van der Waals surface area contributed by atoms with E-state index in [9.17, 15) is 4.79 Å². The molecule has 12 heavy (non-hydrogen) atoms. The van der Waals surface area contributed by atoms with Crippen LogP contribution in [0, 0.1) is 0 Å². The van der Waals surface area contributed by atoms with Crippen LogP contribution in [-0.2, 0) is 9.53 Å². The molecule has 0 aliphatic heterocycles. The SMILES string of the molecule is CCOC(=O)/C=C\CC(O)CC.